The fourth-order valence-electron chi connectivity index (χ4n) is 5.16. The van der Waals surface area contributed by atoms with Crippen LogP contribution in [-0.4, -0.2) is 78.6 Å². The lowest BCUT2D eigenvalue weighted by molar-refractivity contribution is -0.172. The lowest BCUT2D eigenvalue weighted by Gasteiger charge is -2.37. The molecular weight excluding hydrogens is 581 g/mol. The number of benzene rings is 2. The molecule has 1 fully saturated rings. The van der Waals surface area contributed by atoms with Gasteiger partial charge in [-0.05, 0) is 70.8 Å². The minimum absolute atomic E-state index is 0.0593. The van der Waals surface area contributed by atoms with Crippen molar-refractivity contribution in [1.29, 1.82) is 0 Å². The number of carbonyl (C=O) groups excluding carboxylic acids is 3. The van der Waals surface area contributed by atoms with Gasteiger partial charge in [-0.25, -0.2) is 9.07 Å². The van der Waals surface area contributed by atoms with Crippen molar-refractivity contribution in [2.24, 2.45) is 5.41 Å². The Morgan fingerprint density at radius 3 is 2.42 bits per heavy atom. The Balaban J connectivity index is 1.30. The predicted molar refractivity (Wildman–Crippen MR) is 168 cm³/mol. The molecule has 3 aromatic rings. The molecule has 0 atom stereocenters. The molecule has 12 heteroatoms. The quantitative estimate of drug-likeness (QED) is 0.195. The first-order chi connectivity index (χ1) is 21.3. The topological polar surface area (TPSA) is 123 Å². The second-order valence-corrected chi connectivity index (χ2v) is 12.3. The fraction of sp³-hybridized carbons (Fsp3) is 0.485. The average molecular weight is 624 g/mol. The number of rotatable bonds is 11. The second-order valence-electron chi connectivity index (χ2n) is 12.3. The van der Waals surface area contributed by atoms with Gasteiger partial charge in [-0.3, -0.25) is 24.1 Å². The third-order valence-electron chi connectivity index (χ3n) is 7.90. The van der Waals surface area contributed by atoms with E-state index < -0.39 is 54.4 Å². The highest BCUT2D eigenvalue weighted by atomic mass is 19.1. The molecule has 0 spiro atoms. The number of esters is 2. The Labute approximate surface area is 262 Å². The SMILES string of the molecule is Cc1cccc(N2CCN(CCCNC(=O)Cn3nc(CC(=O)OCOC(=O)C(C)(C)C)c4cccc(F)c4c3=O)CC2)c1C. The minimum atomic E-state index is -0.792. The van der Waals surface area contributed by atoms with E-state index in [0.29, 0.717) is 6.54 Å². The lowest BCUT2D eigenvalue weighted by atomic mass is 9.98. The van der Waals surface area contributed by atoms with Crippen molar-refractivity contribution in [2.75, 3.05) is 51.0 Å². The van der Waals surface area contributed by atoms with Crippen LogP contribution >= 0.6 is 0 Å². The standard InChI is InChI=1S/C33H42FN5O6/c1-22-9-6-12-27(23(22)2)38-17-15-37(16-18-38)14-8-13-35-28(40)20-39-31(42)30-24(10-7-11-25(30)34)26(36-39)19-29(41)44-21-45-32(43)33(3,4)5/h6-7,9-12H,8,13-21H2,1-5H3,(H,35,40). The highest BCUT2D eigenvalue weighted by Gasteiger charge is 2.24. The van der Waals surface area contributed by atoms with E-state index in [4.69, 9.17) is 9.47 Å². The lowest BCUT2D eigenvalue weighted by Crippen LogP contribution is -2.47. The number of fused-ring (bicyclic) bond motifs is 1. The molecule has 0 radical (unpaired) electrons. The summed E-state index contributed by atoms with van der Waals surface area (Å²) in [5, 5.41) is 6.88. The van der Waals surface area contributed by atoms with Crippen molar-refractivity contribution in [1.82, 2.24) is 20.0 Å². The monoisotopic (exact) mass is 623 g/mol. The first kappa shape index (κ1) is 33.6. The van der Waals surface area contributed by atoms with Gasteiger partial charge in [-0.1, -0.05) is 24.3 Å². The van der Waals surface area contributed by atoms with Crippen LogP contribution in [0.25, 0.3) is 10.8 Å². The van der Waals surface area contributed by atoms with Gasteiger partial charge in [0.1, 0.15) is 12.4 Å². The summed E-state index contributed by atoms with van der Waals surface area (Å²) in [6, 6.07) is 10.4. The number of piperazine rings is 1. The summed E-state index contributed by atoms with van der Waals surface area (Å²) in [5.41, 5.74) is 2.38. The van der Waals surface area contributed by atoms with Crippen LogP contribution in [0.4, 0.5) is 10.1 Å². The summed E-state index contributed by atoms with van der Waals surface area (Å²) in [4.78, 5) is 55.0. The van der Waals surface area contributed by atoms with Crippen LogP contribution in [0.5, 0.6) is 0 Å². The van der Waals surface area contributed by atoms with Gasteiger partial charge in [0.2, 0.25) is 12.7 Å². The van der Waals surface area contributed by atoms with E-state index in [1.165, 1.54) is 28.9 Å². The van der Waals surface area contributed by atoms with Crippen LogP contribution in [0.1, 0.15) is 44.0 Å². The molecule has 2 aromatic carbocycles. The molecule has 0 bridgehead atoms. The smallest absolute Gasteiger partial charge is 0.314 e. The Kier molecular flexibility index (Phi) is 10.9. The van der Waals surface area contributed by atoms with E-state index in [-0.39, 0.29) is 16.5 Å². The molecule has 0 saturated carbocycles. The highest BCUT2D eigenvalue weighted by Crippen LogP contribution is 2.24. The van der Waals surface area contributed by atoms with E-state index >= 15 is 0 Å². The van der Waals surface area contributed by atoms with Crippen molar-refractivity contribution >= 4 is 34.3 Å². The van der Waals surface area contributed by atoms with Gasteiger partial charge in [-0.2, -0.15) is 5.10 Å². The van der Waals surface area contributed by atoms with Crippen molar-refractivity contribution in [3.05, 3.63) is 69.4 Å². The summed E-state index contributed by atoms with van der Waals surface area (Å²) in [5.74, 6) is -2.58. The molecule has 1 saturated heterocycles. The number of amides is 1. The molecule has 1 amide bonds. The number of carbonyl (C=O) groups is 3. The Morgan fingerprint density at radius 2 is 1.71 bits per heavy atom. The molecule has 4 rings (SSSR count). The van der Waals surface area contributed by atoms with Crippen molar-refractivity contribution in [3.63, 3.8) is 0 Å². The number of halogens is 1. The summed E-state index contributed by atoms with van der Waals surface area (Å²) >= 11 is 0. The fourth-order valence-corrected chi connectivity index (χ4v) is 5.16. The number of nitrogens with one attached hydrogen (secondary N) is 1. The molecule has 0 unspecified atom stereocenters. The molecule has 1 N–H and O–H groups in total. The van der Waals surface area contributed by atoms with Gasteiger partial charge < -0.3 is 19.7 Å². The van der Waals surface area contributed by atoms with Gasteiger partial charge in [0.05, 0.1) is 22.9 Å². The van der Waals surface area contributed by atoms with Crippen LogP contribution in [0.2, 0.25) is 0 Å². The number of ether oxygens (including phenoxy) is 2. The van der Waals surface area contributed by atoms with E-state index in [0.717, 1.165) is 49.9 Å². The molecule has 0 aliphatic carbocycles. The largest absolute Gasteiger partial charge is 0.428 e. The van der Waals surface area contributed by atoms with Crippen molar-refractivity contribution in [3.8, 4) is 0 Å². The second kappa shape index (κ2) is 14.6. The van der Waals surface area contributed by atoms with Crippen LogP contribution in [-0.2, 0) is 36.8 Å². The van der Waals surface area contributed by atoms with Gasteiger partial charge in [-0.15, -0.1) is 0 Å². The van der Waals surface area contributed by atoms with Crippen molar-refractivity contribution in [2.45, 2.75) is 54.0 Å². The number of hydrogen-bond acceptors (Lipinski definition) is 9. The summed E-state index contributed by atoms with van der Waals surface area (Å²) in [6.07, 6.45) is 0.298. The Hall–Kier alpha value is -4.32. The molecule has 1 aliphatic heterocycles. The van der Waals surface area contributed by atoms with Gasteiger partial charge >= 0.3 is 11.9 Å². The van der Waals surface area contributed by atoms with E-state index in [1.54, 1.807) is 20.8 Å². The normalized spacial score (nSPS) is 14.0. The number of aryl methyl sites for hydroxylation is 1. The zero-order chi connectivity index (χ0) is 32.7. The predicted octanol–water partition coefficient (Wildman–Crippen LogP) is 3.11. The summed E-state index contributed by atoms with van der Waals surface area (Å²) in [6.45, 7) is 13.2. The average Bonchev–Trinajstić information content (AvgIpc) is 2.99. The molecule has 1 aliphatic rings. The number of nitrogens with zero attached hydrogens (tertiary/aromatic N) is 4. The van der Waals surface area contributed by atoms with Gasteiger partial charge in [0, 0.05) is 43.8 Å². The third kappa shape index (κ3) is 8.65. The van der Waals surface area contributed by atoms with E-state index in [1.807, 2.05) is 0 Å². The van der Waals surface area contributed by atoms with Crippen LogP contribution in [0.15, 0.2) is 41.2 Å². The molecule has 45 heavy (non-hydrogen) atoms. The molecule has 1 aromatic heterocycles. The highest BCUT2D eigenvalue weighted by molar-refractivity contribution is 5.87. The zero-order valence-electron chi connectivity index (χ0n) is 26.7. The number of hydrogen-bond donors (Lipinski definition) is 1. The van der Waals surface area contributed by atoms with Crippen LogP contribution in [0.3, 0.4) is 0 Å². The Morgan fingerprint density at radius 1 is 1.00 bits per heavy atom. The maximum atomic E-state index is 14.7. The molecule has 2 heterocycles. The Bertz CT molecular complexity index is 1610. The zero-order valence-corrected chi connectivity index (χ0v) is 26.7. The summed E-state index contributed by atoms with van der Waals surface area (Å²) < 4.78 is 25.6. The van der Waals surface area contributed by atoms with Crippen LogP contribution < -0.4 is 15.8 Å². The van der Waals surface area contributed by atoms with Crippen LogP contribution in [0, 0.1) is 25.1 Å². The van der Waals surface area contributed by atoms with Crippen molar-refractivity contribution < 1.29 is 28.2 Å². The first-order valence-electron chi connectivity index (χ1n) is 15.2. The molecule has 11 nitrogen and oxygen atoms in total. The summed E-state index contributed by atoms with van der Waals surface area (Å²) in [7, 11) is 0. The number of aromatic nitrogens is 2. The first-order valence-corrected chi connectivity index (χ1v) is 15.2. The van der Waals surface area contributed by atoms with E-state index in [9.17, 15) is 23.6 Å². The van der Waals surface area contributed by atoms with Gasteiger partial charge in [0.15, 0.2) is 0 Å². The molecular formula is C33H42FN5O6. The maximum absolute atomic E-state index is 14.7. The van der Waals surface area contributed by atoms with Gasteiger partial charge in [0.25, 0.3) is 5.56 Å². The molecule has 242 valence electrons. The third-order valence-corrected chi connectivity index (χ3v) is 7.90. The minimum Gasteiger partial charge on any atom is -0.428 e. The maximum Gasteiger partial charge on any atom is 0.314 e. The number of anilines is 1. The van der Waals surface area contributed by atoms with E-state index in [2.05, 4.69) is 52.3 Å².